The van der Waals surface area contributed by atoms with Crippen LogP contribution in [0.3, 0.4) is 0 Å². The smallest absolute Gasteiger partial charge is 0.127 e. The molecule has 0 bridgehead atoms. The fraction of sp³-hybridized carbons (Fsp3) is 0.143. The molecule has 0 heterocycles. The topological polar surface area (TPSA) is 9.23 Å². The minimum absolute atomic E-state index is 0.874. The van der Waals surface area contributed by atoms with Crippen molar-refractivity contribution in [1.29, 1.82) is 0 Å². The second kappa shape index (κ2) is 7.46. The molecular formula is C21H20O. The first kappa shape index (κ1) is 14.4. The van der Waals surface area contributed by atoms with Gasteiger partial charge in [0.25, 0.3) is 0 Å². The summed E-state index contributed by atoms with van der Waals surface area (Å²) in [7, 11) is 0. The Morgan fingerprint density at radius 1 is 0.500 bits per heavy atom. The summed E-state index contributed by atoms with van der Waals surface area (Å²) in [6, 6.07) is 28.9. The second-order valence-corrected chi connectivity index (χ2v) is 5.40. The molecule has 0 aliphatic rings. The van der Waals surface area contributed by atoms with Gasteiger partial charge in [0.05, 0.1) is 0 Å². The summed E-state index contributed by atoms with van der Waals surface area (Å²) in [4.78, 5) is 0. The van der Waals surface area contributed by atoms with Gasteiger partial charge in [-0.2, -0.15) is 0 Å². The van der Waals surface area contributed by atoms with Gasteiger partial charge in [0.15, 0.2) is 0 Å². The van der Waals surface area contributed by atoms with Crippen LogP contribution in [0.1, 0.15) is 17.5 Å². The molecule has 0 saturated carbocycles. The van der Waals surface area contributed by atoms with E-state index in [1.165, 1.54) is 17.5 Å². The molecule has 110 valence electrons. The molecule has 0 saturated heterocycles. The number of ether oxygens (including phenoxy) is 1. The summed E-state index contributed by atoms with van der Waals surface area (Å²) in [6.45, 7) is 0. The first-order valence-corrected chi connectivity index (χ1v) is 7.76. The summed E-state index contributed by atoms with van der Waals surface area (Å²) in [5.41, 5.74) is 2.77. The molecular weight excluding hydrogens is 268 g/mol. The Bertz CT molecular complexity index is 672. The Labute approximate surface area is 132 Å². The first-order chi connectivity index (χ1) is 10.9. The van der Waals surface area contributed by atoms with Gasteiger partial charge in [-0.25, -0.2) is 0 Å². The van der Waals surface area contributed by atoms with Crippen LogP contribution in [0.4, 0.5) is 0 Å². The molecule has 3 aromatic carbocycles. The van der Waals surface area contributed by atoms with E-state index in [2.05, 4.69) is 42.5 Å². The highest BCUT2D eigenvalue weighted by Crippen LogP contribution is 2.21. The van der Waals surface area contributed by atoms with Gasteiger partial charge in [0.2, 0.25) is 0 Å². The maximum atomic E-state index is 5.81. The Kier molecular flexibility index (Phi) is 4.88. The van der Waals surface area contributed by atoms with E-state index in [0.717, 1.165) is 24.3 Å². The summed E-state index contributed by atoms with van der Waals surface area (Å²) < 4.78 is 5.81. The third-order valence-electron chi connectivity index (χ3n) is 3.68. The van der Waals surface area contributed by atoms with Gasteiger partial charge in [0.1, 0.15) is 11.5 Å². The van der Waals surface area contributed by atoms with E-state index in [-0.39, 0.29) is 0 Å². The quantitative estimate of drug-likeness (QED) is 0.569. The highest BCUT2D eigenvalue weighted by atomic mass is 16.5. The van der Waals surface area contributed by atoms with Gasteiger partial charge in [0, 0.05) is 0 Å². The van der Waals surface area contributed by atoms with Gasteiger partial charge in [-0.3, -0.25) is 0 Å². The fourth-order valence-electron chi connectivity index (χ4n) is 2.49. The number of rotatable bonds is 6. The maximum Gasteiger partial charge on any atom is 0.127 e. The van der Waals surface area contributed by atoms with Crippen molar-refractivity contribution < 1.29 is 4.74 Å². The van der Waals surface area contributed by atoms with E-state index < -0.39 is 0 Å². The Morgan fingerprint density at radius 2 is 1.00 bits per heavy atom. The van der Waals surface area contributed by atoms with Crippen LogP contribution in [0, 0.1) is 0 Å². The van der Waals surface area contributed by atoms with Crippen molar-refractivity contribution in [2.75, 3.05) is 0 Å². The van der Waals surface area contributed by atoms with Crippen LogP contribution in [0.2, 0.25) is 0 Å². The van der Waals surface area contributed by atoms with Crippen molar-refractivity contribution in [3.8, 4) is 11.5 Å². The summed E-state index contributed by atoms with van der Waals surface area (Å²) in [6.07, 6.45) is 3.40. The lowest BCUT2D eigenvalue weighted by Crippen LogP contribution is -1.90. The van der Waals surface area contributed by atoms with Gasteiger partial charge < -0.3 is 4.74 Å². The number of aryl methyl sites for hydroxylation is 2. The molecule has 22 heavy (non-hydrogen) atoms. The van der Waals surface area contributed by atoms with Crippen LogP contribution < -0.4 is 4.74 Å². The molecule has 0 aliphatic carbocycles. The van der Waals surface area contributed by atoms with E-state index >= 15 is 0 Å². The van der Waals surface area contributed by atoms with Crippen molar-refractivity contribution in [3.63, 3.8) is 0 Å². The standard InChI is InChI=1S/C21H20O/c1-3-8-18(9-4-1)10-7-11-19-14-16-21(17-15-19)22-20-12-5-2-6-13-20/h1-6,8-9,12-17H,7,10-11H2. The summed E-state index contributed by atoms with van der Waals surface area (Å²) in [5.74, 6) is 1.76. The molecule has 1 heteroatoms. The molecule has 0 aromatic heterocycles. The number of hydrogen-bond donors (Lipinski definition) is 0. The van der Waals surface area contributed by atoms with Gasteiger partial charge in [-0.1, -0.05) is 60.7 Å². The predicted octanol–water partition coefficient (Wildman–Crippen LogP) is 5.65. The molecule has 0 radical (unpaired) electrons. The SMILES string of the molecule is c1ccc(CCCc2ccc(Oc3ccccc3)cc2)cc1. The molecule has 0 aliphatic heterocycles. The van der Waals surface area contributed by atoms with E-state index in [0.29, 0.717) is 0 Å². The predicted molar refractivity (Wildman–Crippen MR) is 91.4 cm³/mol. The Balaban J connectivity index is 1.51. The molecule has 0 unspecified atom stereocenters. The van der Waals surface area contributed by atoms with Crippen LogP contribution in [0.25, 0.3) is 0 Å². The largest absolute Gasteiger partial charge is 0.457 e. The Hall–Kier alpha value is -2.54. The highest BCUT2D eigenvalue weighted by Gasteiger charge is 1.98. The number of hydrogen-bond acceptors (Lipinski definition) is 1. The van der Waals surface area contributed by atoms with Crippen molar-refractivity contribution in [2.45, 2.75) is 19.3 Å². The molecule has 0 spiro atoms. The third-order valence-corrected chi connectivity index (χ3v) is 3.68. The average molecular weight is 288 g/mol. The zero-order valence-electron chi connectivity index (χ0n) is 12.6. The minimum Gasteiger partial charge on any atom is -0.457 e. The zero-order valence-corrected chi connectivity index (χ0v) is 12.6. The molecule has 0 N–H and O–H groups in total. The second-order valence-electron chi connectivity index (χ2n) is 5.40. The molecule has 1 nitrogen and oxygen atoms in total. The van der Waals surface area contributed by atoms with Crippen LogP contribution >= 0.6 is 0 Å². The normalized spacial score (nSPS) is 10.4. The number of benzene rings is 3. The maximum absolute atomic E-state index is 5.81. The Morgan fingerprint density at radius 3 is 1.64 bits per heavy atom. The van der Waals surface area contributed by atoms with Crippen molar-refractivity contribution in [3.05, 3.63) is 96.1 Å². The highest BCUT2D eigenvalue weighted by molar-refractivity contribution is 5.33. The van der Waals surface area contributed by atoms with Crippen LogP contribution in [-0.2, 0) is 12.8 Å². The van der Waals surface area contributed by atoms with Gasteiger partial charge >= 0.3 is 0 Å². The lowest BCUT2D eigenvalue weighted by molar-refractivity contribution is 0.482. The molecule has 0 amide bonds. The van der Waals surface area contributed by atoms with E-state index in [1.54, 1.807) is 0 Å². The van der Waals surface area contributed by atoms with Crippen LogP contribution in [-0.4, -0.2) is 0 Å². The molecule has 3 aromatic rings. The van der Waals surface area contributed by atoms with Crippen molar-refractivity contribution >= 4 is 0 Å². The first-order valence-electron chi connectivity index (χ1n) is 7.76. The monoisotopic (exact) mass is 288 g/mol. The minimum atomic E-state index is 0.874. The van der Waals surface area contributed by atoms with E-state index in [4.69, 9.17) is 4.74 Å². The average Bonchev–Trinajstić information content (AvgIpc) is 2.58. The van der Waals surface area contributed by atoms with Crippen LogP contribution in [0.15, 0.2) is 84.9 Å². The summed E-state index contributed by atoms with van der Waals surface area (Å²) in [5, 5.41) is 0. The fourth-order valence-corrected chi connectivity index (χ4v) is 2.49. The lowest BCUT2D eigenvalue weighted by Gasteiger charge is -2.07. The third kappa shape index (κ3) is 4.23. The van der Waals surface area contributed by atoms with E-state index in [9.17, 15) is 0 Å². The van der Waals surface area contributed by atoms with Gasteiger partial charge in [-0.15, -0.1) is 0 Å². The lowest BCUT2D eigenvalue weighted by atomic mass is 10.0. The van der Waals surface area contributed by atoms with Crippen molar-refractivity contribution in [2.24, 2.45) is 0 Å². The van der Waals surface area contributed by atoms with Crippen LogP contribution in [0.5, 0.6) is 11.5 Å². The van der Waals surface area contributed by atoms with E-state index in [1.807, 2.05) is 42.5 Å². The molecule has 0 atom stereocenters. The molecule has 3 rings (SSSR count). The summed E-state index contributed by atoms with van der Waals surface area (Å²) >= 11 is 0. The zero-order chi connectivity index (χ0) is 15.0. The van der Waals surface area contributed by atoms with Crippen molar-refractivity contribution in [1.82, 2.24) is 0 Å². The number of para-hydroxylation sites is 1. The van der Waals surface area contributed by atoms with Gasteiger partial charge in [-0.05, 0) is 54.7 Å². The molecule has 0 fully saturated rings.